The summed E-state index contributed by atoms with van der Waals surface area (Å²) < 4.78 is 2.06. The van der Waals surface area contributed by atoms with Gasteiger partial charge in [-0.1, -0.05) is 27.5 Å². The second-order valence-electron chi connectivity index (χ2n) is 3.29. The van der Waals surface area contributed by atoms with E-state index in [1.165, 1.54) is 0 Å². The van der Waals surface area contributed by atoms with Crippen molar-refractivity contribution >= 4 is 54.8 Å². The zero-order chi connectivity index (χ0) is 11.7. The molecule has 5 heteroatoms. The Morgan fingerprint density at radius 1 is 1.19 bits per heavy atom. The van der Waals surface area contributed by atoms with E-state index in [4.69, 9.17) is 17.3 Å². The van der Waals surface area contributed by atoms with Crippen LogP contribution in [0.25, 0.3) is 0 Å². The van der Waals surface area contributed by atoms with E-state index in [0.717, 1.165) is 18.7 Å². The molecule has 1 nitrogen and oxygen atoms in total. The molecule has 16 heavy (non-hydrogen) atoms. The zero-order valence-corrected chi connectivity index (χ0v) is 12.8. The summed E-state index contributed by atoms with van der Waals surface area (Å²) in [4.78, 5) is 1.09. The highest BCUT2D eigenvalue weighted by Crippen LogP contribution is 2.33. The van der Waals surface area contributed by atoms with Crippen LogP contribution in [0.5, 0.6) is 0 Å². The second kappa shape index (κ2) is 5.19. The van der Waals surface area contributed by atoms with Crippen molar-refractivity contribution in [2.75, 3.05) is 0 Å². The minimum absolute atomic E-state index is 0.179. The highest BCUT2D eigenvalue weighted by Gasteiger charge is 2.14. The maximum Gasteiger partial charge on any atom is 0.0702 e. The van der Waals surface area contributed by atoms with Crippen LogP contribution in [0, 0.1) is 0 Å². The minimum Gasteiger partial charge on any atom is -0.320 e. The molecule has 0 amide bonds. The van der Waals surface area contributed by atoms with Crippen molar-refractivity contribution in [3.8, 4) is 0 Å². The summed E-state index contributed by atoms with van der Waals surface area (Å²) >= 11 is 14.6. The summed E-state index contributed by atoms with van der Waals surface area (Å²) in [6.45, 7) is 0. The Morgan fingerprint density at radius 3 is 2.56 bits per heavy atom. The molecular weight excluding hydrogens is 373 g/mol. The molecule has 1 atom stereocenters. The van der Waals surface area contributed by atoms with Crippen molar-refractivity contribution in [1.29, 1.82) is 0 Å². The fraction of sp³-hybridized carbons (Fsp3) is 0.0909. The normalized spacial score (nSPS) is 12.8. The van der Waals surface area contributed by atoms with Crippen LogP contribution in [0.3, 0.4) is 0 Å². The molecule has 0 saturated heterocycles. The number of rotatable bonds is 2. The number of benzene rings is 1. The van der Waals surface area contributed by atoms with Crippen LogP contribution in [-0.2, 0) is 0 Å². The Kier molecular flexibility index (Phi) is 4.08. The molecule has 1 aromatic heterocycles. The summed E-state index contributed by atoms with van der Waals surface area (Å²) in [5, 5.41) is 0.695. The topological polar surface area (TPSA) is 26.0 Å². The number of halogens is 3. The smallest absolute Gasteiger partial charge is 0.0702 e. The number of thiophene rings is 1. The molecule has 1 unspecified atom stereocenters. The molecule has 0 radical (unpaired) electrons. The van der Waals surface area contributed by atoms with Gasteiger partial charge in [-0.3, -0.25) is 0 Å². The van der Waals surface area contributed by atoms with Gasteiger partial charge in [-0.25, -0.2) is 0 Å². The van der Waals surface area contributed by atoms with Crippen LogP contribution in [-0.4, -0.2) is 0 Å². The molecule has 0 spiro atoms. The van der Waals surface area contributed by atoms with Crippen LogP contribution in [0.1, 0.15) is 16.5 Å². The van der Waals surface area contributed by atoms with E-state index in [1.807, 2.05) is 30.3 Å². The molecule has 1 aromatic carbocycles. The maximum absolute atomic E-state index is 6.18. The molecule has 1 heterocycles. The second-order valence-corrected chi connectivity index (χ2v) is 7.10. The average Bonchev–Trinajstić information content (AvgIpc) is 2.67. The number of hydrogen-bond acceptors (Lipinski definition) is 2. The quantitative estimate of drug-likeness (QED) is 0.780. The molecule has 0 aliphatic heterocycles. The van der Waals surface area contributed by atoms with Crippen molar-refractivity contribution in [3.63, 3.8) is 0 Å². The van der Waals surface area contributed by atoms with Gasteiger partial charge in [0.15, 0.2) is 0 Å². The third-order valence-electron chi connectivity index (χ3n) is 2.19. The molecule has 84 valence electrons. The van der Waals surface area contributed by atoms with E-state index < -0.39 is 0 Å². The van der Waals surface area contributed by atoms with Crippen LogP contribution in [0.15, 0.2) is 38.6 Å². The number of nitrogens with two attached hydrogens (primary N) is 1. The molecule has 0 aliphatic rings. The SMILES string of the molecule is NC(c1ccc(Br)s1)c1cc(Br)ccc1Cl. The molecule has 2 N–H and O–H groups in total. The van der Waals surface area contributed by atoms with E-state index in [0.29, 0.717) is 5.02 Å². The summed E-state index contributed by atoms with van der Waals surface area (Å²) in [7, 11) is 0. The Labute approximate surface area is 120 Å². The Morgan fingerprint density at radius 2 is 1.94 bits per heavy atom. The van der Waals surface area contributed by atoms with Crippen molar-refractivity contribution in [2.24, 2.45) is 5.73 Å². The van der Waals surface area contributed by atoms with Gasteiger partial charge >= 0.3 is 0 Å². The summed E-state index contributed by atoms with van der Waals surface area (Å²) in [6.07, 6.45) is 0. The van der Waals surface area contributed by atoms with Crippen molar-refractivity contribution in [2.45, 2.75) is 6.04 Å². The first kappa shape index (κ1) is 12.6. The monoisotopic (exact) mass is 379 g/mol. The van der Waals surface area contributed by atoms with Gasteiger partial charge in [0, 0.05) is 14.4 Å². The molecule has 0 aliphatic carbocycles. The molecule has 2 rings (SSSR count). The van der Waals surface area contributed by atoms with E-state index in [2.05, 4.69) is 31.9 Å². The van der Waals surface area contributed by atoms with Crippen molar-refractivity contribution < 1.29 is 0 Å². The summed E-state index contributed by atoms with van der Waals surface area (Å²) in [5.41, 5.74) is 7.12. The van der Waals surface area contributed by atoms with Crippen molar-refractivity contribution in [3.05, 3.63) is 54.1 Å². The van der Waals surface area contributed by atoms with Gasteiger partial charge < -0.3 is 5.73 Å². The Bertz CT molecular complexity index is 512. The first-order valence-corrected chi connectivity index (χ1v) is 7.32. The van der Waals surface area contributed by atoms with Crippen LogP contribution in [0.2, 0.25) is 5.02 Å². The highest BCUT2D eigenvalue weighted by molar-refractivity contribution is 9.11. The van der Waals surface area contributed by atoms with Gasteiger partial charge in [-0.2, -0.15) is 0 Å². The molecular formula is C11H8Br2ClNS. The lowest BCUT2D eigenvalue weighted by Crippen LogP contribution is -2.10. The molecule has 2 aromatic rings. The van der Waals surface area contributed by atoms with E-state index in [1.54, 1.807) is 11.3 Å². The Hall–Kier alpha value is 0.130. The van der Waals surface area contributed by atoms with Crippen LogP contribution < -0.4 is 5.73 Å². The molecule has 0 fully saturated rings. The highest BCUT2D eigenvalue weighted by atomic mass is 79.9. The number of hydrogen-bond donors (Lipinski definition) is 1. The van der Waals surface area contributed by atoms with Gasteiger partial charge in [-0.15, -0.1) is 11.3 Å². The average molecular weight is 382 g/mol. The van der Waals surface area contributed by atoms with Gasteiger partial charge in [0.1, 0.15) is 0 Å². The molecule has 0 saturated carbocycles. The standard InChI is InChI=1S/C11H8Br2ClNS/c12-6-1-2-8(14)7(5-6)11(15)9-3-4-10(13)16-9/h1-5,11H,15H2. The van der Waals surface area contributed by atoms with Crippen LogP contribution >= 0.6 is 54.8 Å². The lowest BCUT2D eigenvalue weighted by Gasteiger charge is -2.12. The molecule has 0 bridgehead atoms. The zero-order valence-electron chi connectivity index (χ0n) is 8.08. The van der Waals surface area contributed by atoms with Gasteiger partial charge in [-0.05, 0) is 51.8 Å². The van der Waals surface area contributed by atoms with E-state index in [-0.39, 0.29) is 6.04 Å². The van der Waals surface area contributed by atoms with Crippen molar-refractivity contribution in [1.82, 2.24) is 0 Å². The maximum atomic E-state index is 6.18. The summed E-state index contributed by atoms with van der Waals surface area (Å²) in [5.74, 6) is 0. The van der Waals surface area contributed by atoms with Crippen LogP contribution in [0.4, 0.5) is 0 Å². The lowest BCUT2D eigenvalue weighted by molar-refractivity contribution is 0.893. The van der Waals surface area contributed by atoms with Gasteiger partial charge in [0.05, 0.1) is 9.83 Å². The fourth-order valence-electron chi connectivity index (χ4n) is 1.40. The minimum atomic E-state index is -0.179. The fourth-order valence-corrected chi connectivity index (χ4v) is 3.46. The third-order valence-corrected chi connectivity index (χ3v) is 4.74. The third kappa shape index (κ3) is 2.68. The van der Waals surface area contributed by atoms with E-state index >= 15 is 0 Å². The predicted octanol–water partition coefficient (Wildman–Crippen LogP) is 4.97. The predicted molar refractivity (Wildman–Crippen MR) is 77.2 cm³/mol. The largest absolute Gasteiger partial charge is 0.320 e. The van der Waals surface area contributed by atoms with Gasteiger partial charge in [0.2, 0.25) is 0 Å². The van der Waals surface area contributed by atoms with Gasteiger partial charge in [0.25, 0.3) is 0 Å². The lowest BCUT2D eigenvalue weighted by atomic mass is 10.1. The first-order valence-electron chi connectivity index (χ1n) is 4.53. The summed E-state index contributed by atoms with van der Waals surface area (Å²) in [6, 6.07) is 9.54. The van der Waals surface area contributed by atoms with E-state index in [9.17, 15) is 0 Å². The first-order chi connectivity index (χ1) is 7.58. The Balaban J connectivity index is 2.40.